The largest absolute Gasteiger partial charge is 0.490 e. The Balaban J connectivity index is 2.13. The molecule has 0 saturated carbocycles. The Bertz CT molecular complexity index is 748. The van der Waals surface area contributed by atoms with Gasteiger partial charge in [-0.05, 0) is 36.2 Å². The van der Waals surface area contributed by atoms with Crippen LogP contribution in [0.1, 0.15) is 31.9 Å². The number of hydrogen-bond donors (Lipinski definition) is 1. The zero-order chi connectivity index (χ0) is 19.1. The Morgan fingerprint density at radius 1 is 1.15 bits per heavy atom. The second-order valence-electron chi connectivity index (χ2n) is 6.07. The summed E-state index contributed by atoms with van der Waals surface area (Å²) in [4.78, 5) is 10.3. The predicted molar refractivity (Wildman–Crippen MR) is 102 cm³/mol. The molecule has 140 valence electrons. The maximum absolute atomic E-state index is 10.7. The number of nitro groups is 1. The van der Waals surface area contributed by atoms with Crippen LogP contribution in [-0.2, 0) is 13.2 Å². The van der Waals surface area contributed by atoms with E-state index >= 15 is 0 Å². The van der Waals surface area contributed by atoms with E-state index in [0.717, 1.165) is 11.1 Å². The lowest BCUT2D eigenvalue weighted by Gasteiger charge is -2.16. The molecule has 0 aliphatic rings. The minimum Gasteiger partial charge on any atom is -0.490 e. The first kappa shape index (κ1) is 20.0. The quantitative estimate of drug-likeness (QED) is 0.504. The van der Waals surface area contributed by atoms with Crippen molar-refractivity contribution in [3.8, 4) is 11.5 Å². The van der Waals surface area contributed by atoms with Gasteiger partial charge in [-0.25, -0.2) is 0 Å². The first-order chi connectivity index (χ1) is 12.4. The fourth-order valence-corrected chi connectivity index (χ4v) is 2.50. The standard InChI is InChI=1S/C19H23ClN2O4/c1-4-25-18-9-15(11-21-13(2)3)17(20)10-19(18)26-12-14-5-7-16(8-6-14)22(23)24/h5-10,13,21H,4,11-12H2,1-3H3. The second kappa shape index (κ2) is 9.40. The number of hydrogen-bond acceptors (Lipinski definition) is 5. The lowest BCUT2D eigenvalue weighted by molar-refractivity contribution is -0.384. The Labute approximate surface area is 158 Å². The van der Waals surface area contributed by atoms with Crippen molar-refractivity contribution in [2.75, 3.05) is 6.61 Å². The van der Waals surface area contributed by atoms with Gasteiger partial charge in [0.1, 0.15) is 6.61 Å². The molecular formula is C19H23ClN2O4. The van der Waals surface area contributed by atoms with Crippen molar-refractivity contribution in [3.05, 3.63) is 62.7 Å². The highest BCUT2D eigenvalue weighted by molar-refractivity contribution is 6.31. The van der Waals surface area contributed by atoms with Gasteiger partial charge >= 0.3 is 0 Å². The summed E-state index contributed by atoms with van der Waals surface area (Å²) < 4.78 is 11.5. The van der Waals surface area contributed by atoms with Crippen LogP contribution in [0.3, 0.4) is 0 Å². The van der Waals surface area contributed by atoms with Crippen molar-refractivity contribution < 1.29 is 14.4 Å². The Hall–Kier alpha value is -2.31. The Morgan fingerprint density at radius 2 is 1.81 bits per heavy atom. The van der Waals surface area contributed by atoms with Gasteiger partial charge in [-0.2, -0.15) is 0 Å². The summed E-state index contributed by atoms with van der Waals surface area (Å²) >= 11 is 6.37. The summed E-state index contributed by atoms with van der Waals surface area (Å²) in [6.07, 6.45) is 0. The summed E-state index contributed by atoms with van der Waals surface area (Å²) in [7, 11) is 0. The van der Waals surface area contributed by atoms with Crippen LogP contribution < -0.4 is 14.8 Å². The third kappa shape index (κ3) is 5.61. The molecule has 26 heavy (non-hydrogen) atoms. The fraction of sp³-hybridized carbons (Fsp3) is 0.368. The van der Waals surface area contributed by atoms with E-state index in [9.17, 15) is 10.1 Å². The number of rotatable bonds is 9. The molecule has 0 bridgehead atoms. The number of nitro benzene ring substituents is 1. The van der Waals surface area contributed by atoms with Gasteiger partial charge in [0.25, 0.3) is 5.69 Å². The van der Waals surface area contributed by atoms with Crippen molar-refractivity contribution in [2.45, 2.75) is 40.0 Å². The Morgan fingerprint density at radius 3 is 2.38 bits per heavy atom. The average molecular weight is 379 g/mol. The van der Waals surface area contributed by atoms with E-state index in [-0.39, 0.29) is 12.3 Å². The number of nitrogens with zero attached hydrogens (tertiary/aromatic N) is 1. The molecule has 0 heterocycles. The lowest BCUT2D eigenvalue weighted by atomic mass is 10.2. The van der Waals surface area contributed by atoms with Crippen molar-refractivity contribution in [3.63, 3.8) is 0 Å². The minimum absolute atomic E-state index is 0.0498. The molecule has 0 atom stereocenters. The van der Waals surface area contributed by atoms with Gasteiger partial charge < -0.3 is 14.8 Å². The third-order valence-electron chi connectivity index (χ3n) is 3.65. The van der Waals surface area contributed by atoms with Crippen molar-refractivity contribution in [2.24, 2.45) is 0 Å². The highest BCUT2D eigenvalue weighted by Gasteiger charge is 2.12. The van der Waals surface area contributed by atoms with Crippen LogP contribution in [0.2, 0.25) is 5.02 Å². The maximum atomic E-state index is 10.7. The van der Waals surface area contributed by atoms with Gasteiger partial charge in [-0.3, -0.25) is 10.1 Å². The average Bonchev–Trinajstić information content (AvgIpc) is 2.60. The number of benzene rings is 2. The summed E-state index contributed by atoms with van der Waals surface area (Å²) in [6, 6.07) is 10.2. The normalized spacial score (nSPS) is 10.8. The van der Waals surface area contributed by atoms with Crippen LogP contribution in [0.4, 0.5) is 5.69 Å². The molecule has 0 aliphatic heterocycles. The van der Waals surface area contributed by atoms with Gasteiger partial charge in [-0.15, -0.1) is 0 Å². The smallest absolute Gasteiger partial charge is 0.269 e. The zero-order valence-corrected chi connectivity index (χ0v) is 15.9. The molecule has 0 spiro atoms. The van der Waals surface area contributed by atoms with E-state index in [4.69, 9.17) is 21.1 Å². The molecule has 0 saturated heterocycles. The monoisotopic (exact) mass is 378 g/mol. The van der Waals surface area contributed by atoms with E-state index in [1.165, 1.54) is 12.1 Å². The first-order valence-corrected chi connectivity index (χ1v) is 8.83. The summed E-state index contributed by atoms with van der Waals surface area (Å²) in [5, 5.41) is 14.6. The van der Waals surface area contributed by atoms with Crippen LogP contribution >= 0.6 is 11.6 Å². The van der Waals surface area contributed by atoms with Crippen LogP contribution in [0, 0.1) is 10.1 Å². The SMILES string of the molecule is CCOc1cc(CNC(C)C)c(Cl)cc1OCc1ccc([N+](=O)[O-])cc1. The van der Waals surface area contributed by atoms with Gasteiger partial charge in [0, 0.05) is 35.8 Å². The first-order valence-electron chi connectivity index (χ1n) is 8.45. The van der Waals surface area contributed by atoms with Crippen LogP contribution in [-0.4, -0.2) is 17.6 Å². The fourth-order valence-electron chi connectivity index (χ4n) is 2.28. The summed E-state index contributed by atoms with van der Waals surface area (Å²) in [5.41, 5.74) is 1.81. The molecule has 2 aromatic carbocycles. The molecule has 1 N–H and O–H groups in total. The lowest BCUT2D eigenvalue weighted by Crippen LogP contribution is -2.22. The van der Waals surface area contributed by atoms with Crippen molar-refractivity contribution >= 4 is 17.3 Å². The zero-order valence-electron chi connectivity index (χ0n) is 15.1. The molecule has 0 fully saturated rings. The second-order valence-corrected chi connectivity index (χ2v) is 6.48. The van der Waals surface area contributed by atoms with Crippen molar-refractivity contribution in [1.29, 1.82) is 0 Å². The van der Waals surface area contributed by atoms with Crippen LogP contribution in [0.25, 0.3) is 0 Å². The number of non-ortho nitro benzene ring substituents is 1. The molecule has 0 aliphatic carbocycles. The topological polar surface area (TPSA) is 73.6 Å². The van der Waals surface area contributed by atoms with Gasteiger partial charge in [0.15, 0.2) is 11.5 Å². The van der Waals surface area contributed by atoms with Crippen LogP contribution in [0.5, 0.6) is 11.5 Å². The van der Waals surface area contributed by atoms with E-state index < -0.39 is 4.92 Å². The summed E-state index contributed by atoms with van der Waals surface area (Å²) in [6.45, 7) is 7.45. The highest BCUT2D eigenvalue weighted by atomic mass is 35.5. The van der Waals surface area contributed by atoms with E-state index in [0.29, 0.717) is 35.7 Å². The van der Waals surface area contributed by atoms with Gasteiger partial charge in [-0.1, -0.05) is 25.4 Å². The molecule has 2 rings (SSSR count). The minimum atomic E-state index is -0.429. The molecule has 0 aromatic heterocycles. The Kier molecular flexibility index (Phi) is 7.24. The molecule has 0 radical (unpaired) electrons. The van der Waals surface area contributed by atoms with Gasteiger partial charge in [0.05, 0.1) is 11.5 Å². The number of halogens is 1. The maximum Gasteiger partial charge on any atom is 0.269 e. The van der Waals surface area contributed by atoms with E-state index in [2.05, 4.69) is 19.2 Å². The molecule has 0 unspecified atom stereocenters. The highest BCUT2D eigenvalue weighted by Crippen LogP contribution is 2.34. The molecule has 2 aromatic rings. The van der Waals surface area contributed by atoms with Crippen molar-refractivity contribution in [1.82, 2.24) is 5.32 Å². The van der Waals surface area contributed by atoms with E-state index in [1.54, 1.807) is 18.2 Å². The van der Waals surface area contributed by atoms with Gasteiger partial charge in [0.2, 0.25) is 0 Å². The predicted octanol–water partition coefficient (Wildman–Crippen LogP) is 4.72. The molecular weight excluding hydrogens is 356 g/mol. The number of ether oxygens (including phenoxy) is 2. The molecule has 0 amide bonds. The number of nitrogens with one attached hydrogen (secondary N) is 1. The molecule has 6 nitrogen and oxygen atoms in total. The molecule has 7 heteroatoms. The summed E-state index contributed by atoms with van der Waals surface area (Å²) in [5.74, 6) is 1.17. The van der Waals surface area contributed by atoms with Crippen LogP contribution in [0.15, 0.2) is 36.4 Å². The third-order valence-corrected chi connectivity index (χ3v) is 4.01. The van der Waals surface area contributed by atoms with E-state index in [1.807, 2.05) is 13.0 Å².